The fraction of sp³-hybridized carbons (Fsp3) is 0.545. The molecule has 1 aliphatic carbocycles. The zero-order valence-corrected chi connectivity index (χ0v) is 11.0. The number of nitrogen functional groups attached to an aromatic ring is 1. The molecular weight excluding hydrogens is 254 g/mol. The highest BCUT2D eigenvalue weighted by atomic mass is 32.2. The van der Waals surface area contributed by atoms with Crippen LogP contribution < -0.4 is 10.5 Å². The van der Waals surface area contributed by atoms with Gasteiger partial charge in [-0.15, -0.1) is 0 Å². The van der Waals surface area contributed by atoms with E-state index in [1.807, 2.05) is 6.92 Å². The van der Waals surface area contributed by atoms with Crippen LogP contribution in [0.5, 0.6) is 0 Å². The lowest BCUT2D eigenvalue weighted by molar-refractivity contribution is -0.00475. The molecule has 0 saturated heterocycles. The summed E-state index contributed by atoms with van der Waals surface area (Å²) >= 11 is 0. The largest absolute Gasteiger partial charge is 0.384 e. The summed E-state index contributed by atoms with van der Waals surface area (Å²) in [5.41, 5.74) is 5.47. The van der Waals surface area contributed by atoms with E-state index >= 15 is 0 Å². The number of anilines is 1. The Balaban J connectivity index is 1.97. The summed E-state index contributed by atoms with van der Waals surface area (Å²) in [7, 11) is -3.51. The zero-order valence-electron chi connectivity index (χ0n) is 10.2. The fourth-order valence-corrected chi connectivity index (χ4v) is 3.20. The summed E-state index contributed by atoms with van der Waals surface area (Å²) in [6, 6.07) is 2.72. The van der Waals surface area contributed by atoms with Gasteiger partial charge < -0.3 is 10.5 Å². The third kappa shape index (κ3) is 2.98. The molecule has 0 atom stereocenters. The lowest BCUT2D eigenvalue weighted by atomic mass is 9.90. The third-order valence-corrected chi connectivity index (χ3v) is 4.40. The molecule has 100 valence electrons. The number of rotatable bonds is 5. The van der Waals surface area contributed by atoms with Crippen LogP contribution in [0.25, 0.3) is 0 Å². The van der Waals surface area contributed by atoms with E-state index < -0.39 is 10.0 Å². The van der Waals surface area contributed by atoms with Gasteiger partial charge in [0.25, 0.3) is 0 Å². The maximum atomic E-state index is 12.0. The van der Waals surface area contributed by atoms with E-state index in [-0.39, 0.29) is 22.9 Å². The Labute approximate surface area is 107 Å². The van der Waals surface area contributed by atoms with E-state index in [4.69, 9.17) is 10.5 Å². The number of aromatic nitrogens is 1. The van der Waals surface area contributed by atoms with E-state index in [0.29, 0.717) is 19.4 Å². The Morgan fingerprint density at radius 1 is 1.56 bits per heavy atom. The minimum absolute atomic E-state index is 0.0547. The lowest BCUT2D eigenvalue weighted by Gasteiger charge is -2.35. The van der Waals surface area contributed by atoms with Gasteiger partial charge in [-0.2, -0.15) is 0 Å². The summed E-state index contributed by atoms with van der Waals surface area (Å²) in [5.74, 6) is 0.193. The summed E-state index contributed by atoms with van der Waals surface area (Å²) in [6.45, 7) is 2.59. The molecule has 1 saturated carbocycles. The van der Waals surface area contributed by atoms with Crippen molar-refractivity contribution in [1.82, 2.24) is 9.71 Å². The maximum absolute atomic E-state index is 12.0. The molecule has 1 aromatic heterocycles. The van der Waals surface area contributed by atoms with Crippen LogP contribution in [-0.4, -0.2) is 32.2 Å². The highest BCUT2D eigenvalue weighted by Crippen LogP contribution is 2.25. The molecule has 6 nitrogen and oxygen atoms in total. The molecule has 3 N–H and O–H groups in total. The molecule has 1 aromatic rings. The van der Waals surface area contributed by atoms with Crippen LogP contribution in [0.4, 0.5) is 5.82 Å². The Bertz CT molecular complexity index is 512. The van der Waals surface area contributed by atoms with E-state index in [1.54, 1.807) is 0 Å². The number of nitrogens with two attached hydrogens (primary N) is 1. The summed E-state index contributed by atoms with van der Waals surface area (Å²) < 4.78 is 32.0. The molecule has 1 heterocycles. The predicted molar refractivity (Wildman–Crippen MR) is 67.4 cm³/mol. The van der Waals surface area contributed by atoms with Crippen LogP contribution in [0, 0.1) is 0 Å². The summed E-state index contributed by atoms with van der Waals surface area (Å²) in [4.78, 5) is 3.92. The smallest absolute Gasteiger partial charge is 0.241 e. The predicted octanol–water partition coefficient (Wildman–Crippen LogP) is 0.510. The molecule has 0 radical (unpaired) electrons. The van der Waals surface area contributed by atoms with Crippen LogP contribution >= 0.6 is 0 Å². The normalized spacial score (nSPS) is 23.6. The molecule has 2 rings (SSSR count). The highest BCUT2D eigenvalue weighted by molar-refractivity contribution is 7.89. The van der Waals surface area contributed by atoms with Crippen molar-refractivity contribution in [3.05, 3.63) is 18.3 Å². The van der Waals surface area contributed by atoms with E-state index in [0.717, 1.165) is 0 Å². The van der Waals surface area contributed by atoms with Crippen molar-refractivity contribution < 1.29 is 13.2 Å². The minimum atomic E-state index is -3.51. The zero-order chi connectivity index (χ0) is 13.2. The Morgan fingerprint density at radius 3 is 2.89 bits per heavy atom. The SMILES string of the molecule is CCOC1CC(NS(=O)(=O)c2ccnc(N)c2)C1. The molecule has 0 unspecified atom stereocenters. The Hall–Kier alpha value is -1.18. The first-order valence-corrected chi connectivity index (χ1v) is 7.35. The quantitative estimate of drug-likeness (QED) is 0.813. The fourth-order valence-electron chi connectivity index (χ4n) is 1.92. The van der Waals surface area contributed by atoms with Crippen molar-refractivity contribution in [3.8, 4) is 0 Å². The van der Waals surface area contributed by atoms with Crippen LogP contribution in [0.2, 0.25) is 0 Å². The van der Waals surface area contributed by atoms with Crippen LogP contribution in [0.3, 0.4) is 0 Å². The lowest BCUT2D eigenvalue weighted by Crippen LogP contribution is -2.47. The molecule has 0 bridgehead atoms. The number of ether oxygens (including phenoxy) is 1. The number of sulfonamides is 1. The number of nitrogens with one attached hydrogen (secondary N) is 1. The van der Waals surface area contributed by atoms with Crippen molar-refractivity contribution in [2.45, 2.75) is 36.8 Å². The van der Waals surface area contributed by atoms with Gasteiger partial charge in [0.2, 0.25) is 10.0 Å². The second-order valence-electron chi connectivity index (χ2n) is 4.28. The van der Waals surface area contributed by atoms with Gasteiger partial charge in [0.05, 0.1) is 11.0 Å². The molecular formula is C11H17N3O3S. The number of pyridine rings is 1. The van der Waals surface area contributed by atoms with Gasteiger partial charge in [-0.25, -0.2) is 18.1 Å². The molecule has 1 fully saturated rings. The molecule has 0 aliphatic heterocycles. The molecule has 1 aliphatic rings. The average molecular weight is 271 g/mol. The van der Waals surface area contributed by atoms with Gasteiger partial charge >= 0.3 is 0 Å². The Kier molecular flexibility index (Phi) is 3.84. The van der Waals surface area contributed by atoms with Crippen LogP contribution in [-0.2, 0) is 14.8 Å². The van der Waals surface area contributed by atoms with Gasteiger partial charge in [-0.1, -0.05) is 0 Å². The van der Waals surface area contributed by atoms with Gasteiger partial charge in [-0.3, -0.25) is 0 Å². The minimum Gasteiger partial charge on any atom is -0.384 e. The van der Waals surface area contributed by atoms with Crippen molar-refractivity contribution in [3.63, 3.8) is 0 Å². The standard InChI is InChI=1S/C11H17N3O3S/c1-2-17-9-5-8(6-9)14-18(15,16)10-3-4-13-11(12)7-10/h3-4,7-9,14H,2,5-6H2,1H3,(H2,12,13). The average Bonchev–Trinajstić information content (AvgIpc) is 2.26. The first-order valence-electron chi connectivity index (χ1n) is 5.86. The van der Waals surface area contributed by atoms with Crippen LogP contribution in [0.1, 0.15) is 19.8 Å². The van der Waals surface area contributed by atoms with Gasteiger partial charge in [0.1, 0.15) is 5.82 Å². The van der Waals surface area contributed by atoms with Crippen molar-refractivity contribution in [2.24, 2.45) is 0 Å². The third-order valence-electron chi connectivity index (χ3n) is 2.88. The first-order chi connectivity index (χ1) is 8.51. The maximum Gasteiger partial charge on any atom is 0.241 e. The molecule has 0 aromatic carbocycles. The highest BCUT2D eigenvalue weighted by Gasteiger charge is 2.33. The van der Waals surface area contributed by atoms with Crippen molar-refractivity contribution >= 4 is 15.8 Å². The second-order valence-corrected chi connectivity index (χ2v) is 6.00. The van der Waals surface area contributed by atoms with E-state index in [9.17, 15) is 8.42 Å². The number of hydrogen-bond donors (Lipinski definition) is 2. The van der Waals surface area contributed by atoms with Gasteiger partial charge in [0, 0.05) is 24.9 Å². The molecule has 18 heavy (non-hydrogen) atoms. The van der Waals surface area contributed by atoms with Gasteiger partial charge in [0.15, 0.2) is 0 Å². The number of nitrogens with zero attached hydrogens (tertiary/aromatic N) is 1. The second kappa shape index (κ2) is 5.21. The van der Waals surface area contributed by atoms with Crippen molar-refractivity contribution in [2.75, 3.05) is 12.3 Å². The monoisotopic (exact) mass is 271 g/mol. The van der Waals surface area contributed by atoms with Gasteiger partial charge in [-0.05, 0) is 25.8 Å². The Morgan fingerprint density at radius 2 is 2.28 bits per heavy atom. The van der Waals surface area contributed by atoms with Crippen LogP contribution in [0.15, 0.2) is 23.2 Å². The first kappa shape index (κ1) is 13.3. The van der Waals surface area contributed by atoms with E-state index in [2.05, 4.69) is 9.71 Å². The molecule has 7 heteroatoms. The molecule has 0 amide bonds. The summed E-state index contributed by atoms with van der Waals surface area (Å²) in [6.07, 6.45) is 2.99. The summed E-state index contributed by atoms with van der Waals surface area (Å²) in [5, 5.41) is 0. The molecule has 0 spiro atoms. The van der Waals surface area contributed by atoms with Crippen molar-refractivity contribution in [1.29, 1.82) is 0 Å². The topological polar surface area (TPSA) is 94.3 Å². The number of hydrogen-bond acceptors (Lipinski definition) is 5. The van der Waals surface area contributed by atoms with E-state index in [1.165, 1.54) is 18.3 Å².